The summed E-state index contributed by atoms with van der Waals surface area (Å²) in [6.07, 6.45) is 1.90. The molecule has 2 aromatic rings. The molecule has 2 fully saturated rings. The molecule has 2 atom stereocenters. The third kappa shape index (κ3) is 4.89. The summed E-state index contributed by atoms with van der Waals surface area (Å²) < 4.78 is 11.3. The molecule has 0 aromatic heterocycles. The van der Waals surface area contributed by atoms with E-state index in [1.807, 2.05) is 24.3 Å². The van der Waals surface area contributed by atoms with Crippen LogP contribution in [0.4, 0.5) is 4.79 Å². The Hall–Kier alpha value is -3.39. The van der Waals surface area contributed by atoms with Crippen LogP contribution < -0.4 is 10.6 Å². The van der Waals surface area contributed by atoms with Gasteiger partial charge in [-0.05, 0) is 47.9 Å². The molecule has 35 heavy (non-hydrogen) atoms. The normalized spacial score (nSPS) is 21.9. The summed E-state index contributed by atoms with van der Waals surface area (Å²) in [4.78, 5) is 36.2. The summed E-state index contributed by atoms with van der Waals surface area (Å²) in [6.45, 7) is 0.745. The minimum atomic E-state index is -0.905. The first-order chi connectivity index (χ1) is 16.9. The highest BCUT2D eigenvalue weighted by Gasteiger charge is 2.42. The van der Waals surface area contributed by atoms with Crippen molar-refractivity contribution in [3.05, 3.63) is 59.7 Å². The SMILES string of the molecule is O=C(O)CC1(NC(=O)[C@@H]2CO[C@H](CNC(=O)OCC3c4ccccc4-c4ccccc43)C2)CCC1. The number of nitrogens with one attached hydrogen (secondary N) is 2. The number of benzene rings is 2. The van der Waals surface area contributed by atoms with Gasteiger partial charge in [0, 0.05) is 12.5 Å². The number of ether oxygens (including phenoxy) is 2. The second kappa shape index (κ2) is 9.70. The van der Waals surface area contributed by atoms with Crippen LogP contribution >= 0.6 is 0 Å². The van der Waals surface area contributed by atoms with Gasteiger partial charge in [0.05, 0.1) is 30.6 Å². The maximum atomic E-state index is 12.7. The van der Waals surface area contributed by atoms with Crippen LogP contribution in [0.2, 0.25) is 0 Å². The predicted molar refractivity (Wildman–Crippen MR) is 128 cm³/mol. The molecule has 1 saturated heterocycles. The van der Waals surface area contributed by atoms with Gasteiger partial charge in [-0.2, -0.15) is 0 Å². The highest BCUT2D eigenvalue weighted by molar-refractivity contribution is 5.81. The number of hydrogen-bond donors (Lipinski definition) is 3. The summed E-state index contributed by atoms with van der Waals surface area (Å²) in [5.41, 5.74) is 4.03. The van der Waals surface area contributed by atoms with Crippen molar-refractivity contribution >= 4 is 18.0 Å². The molecule has 1 saturated carbocycles. The van der Waals surface area contributed by atoms with Crippen LogP contribution in [0.1, 0.15) is 49.1 Å². The van der Waals surface area contributed by atoms with Crippen molar-refractivity contribution in [3.63, 3.8) is 0 Å². The Bertz CT molecular complexity index is 1080. The van der Waals surface area contributed by atoms with Crippen LogP contribution in [-0.2, 0) is 19.1 Å². The van der Waals surface area contributed by atoms with E-state index in [0.29, 0.717) is 19.3 Å². The first kappa shape index (κ1) is 23.4. The molecule has 2 aromatic carbocycles. The maximum Gasteiger partial charge on any atom is 0.407 e. The summed E-state index contributed by atoms with van der Waals surface area (Å²) >= 11 is 0. The van der Waals surface area contributed by atoms with E-state index in [1.54, 1.807) is 0 Å². The molecule has 0 spiro atoms. The van der Waals surface area contributed by atoms with Gasteiger partial charge >= 0.3 is 12.1 Å². The Morgan fingerprint density at radius 1 is 1.03 bits per heavy atom. The molecular formula is C27H30N2O6. The second-order valence-corrected chi connectivity index (χ2v) is 9.79. The van der Waals surface area contributed by atoms with Crippen LogP contribution in [0, 0.1) is 5.92 Å². The van der Waals surface area contributed by atoms with E-state index in [4.69, 9.17) is 14.6 Å². The fourth-order valence-electron chi connectivity index (χ4n) is 5.48. The second-order valence-electron chi connectivity index (χ2n) is 9.79. The largest absolute Gasteiger partial charge is 0.481 e. The third-order valence-electron chi connectivity index (χ3n) is 7.46. The summed E-state index contributed by atoms with van der Waals surface area (Å²) in [5.74, 6) is -1.43. The zero-order valence-corrected chi connectivity index (χ0v) is 19.5. The molecule has 184 valence electrons. The van der Waals surface area contributed by atoms with Crippen molar-refractivity contribution < 1.29 is 29.0 Å². The van der Waals surface area contributed by atoms with Crippen LogP contribution in [0.3, 0.4) is 0 Å². The number of fused-ring (bicyclic) bond motifs is 3. The number of carboxylic acid groups (broad SMARTS) is 1. The summed E-state index contributed by atoms with van der Waals surface area (Å²) in [5, 5.41) is 14.8. The van der Waals surface area contributed by atoms with Gasteiger partial charge in [0.1, 0.15) is 6.61 Å². The summed E-state index contributed by atoms with van der Waals surface area (Å²) in [7, 11) is 0. The molecule has 1 aliphatic heterocycles. The number of amides is 2. The lowest BCUT2D eigenvalue weighted by molar-refractivity contribution is -0.140. The minimum absolute atomic E-state index is 0.00594. The van der Waals surface area contributed by atoms with E-state index in [9.17, 15) is 14.4 Å². The number of hydrogen-bond acceptors (Lipinski definition) is 5. The van der Waals surface area contributed by atoms with Gasteiger partial charge in [0.15, 0.2) is 0 Å². The number of alkyl carbamates (subject to hydrolysis) is 1. The highest BCUT2D eigenvalue weighted by Crippen LogP contribution is 2.44. The van der Waals surface area contributed by atoms with Crippen LogP contribution in [0.5, 0.6) is 0 Å². The van der Waals surface area contributed by atoms with Gasteiger partial charge in [-0.3, -0.25) is 9.59 Å². The van der Waals surface area contributed by atoms with Gasteiger partial charge in [-0.15, -0.1) is 0 Å². The fourth-order valence-corrected chi connectivity index (χ4v) is 5.48. The molecule has 2 amide bonds. The third-order valence-corrected chi connectivity index (χ3v) is 7.46. The van der Waals surface area contributed by atoms with Crippen molar-refractivity contribution in [1.29, 1.82) is 0 Å². The summed E-state index contributed by atoms with van der Waals surface area (Å²) in [6, 6.07) is 16.3. The molecule has 3 aliphatic rings. The van der Waals surface area contributed by atoms with Crippen LogP contribution in [0.25, 0.3) is 11.1 Å². The topological polar surface area (TPSA) is 114 Å². The van der Waals surface area contributed by atoms with Crippen molar-refractivity contribution in [2.24, 2.45) is 5.92 Å². The first-order valence-corrected chi connectivity index (χ1v) is 12.2. The molecule has 1 heterocycles. The van der Waals surface area contributed by atoms with E-state index in [0.717, 1.165) is 17.5 Å². The Morgan fingerprint density at radius 2 is 1.69 bits per heavy atom. The molecule has 8 heteroatoms. The number of carbonyl (C=O) groups is 3. The molecule has 0 radical (unpaired) electrons. The Morgan fingerprint density at radius 3 is 2.29 bits per heavy atom. The van der Waals surface area contributed by atoms with E-state index in [1.165, 1.54) is 11.1 Å². The molecular weight excluding hydrogens is 448 g/mol. The van der Waals surface area contributed by atoms with Crippen LogP contribution in [-0.4, -0.2) is 54.5 Å². The van der Waals surface area contributed by atoms with Crippen LogP contribution in [0.15, 0.2) is 48.5 Å². The first-order valence-electron chi connectivity index (χ1n) is 12.2. The highest BCUT2D eigenvalue weighted by atomic mass is 16.5. The number of carbonyl (C=O) groups excluding carboxylic acids is 2. The monoisotopic (exact) mass is 478 g/mol. The lowest BCUT2D eigenvalue weighted by Gasteiger charge is -2.42. The van der Waals surface area contributed by atoms with E-state index in [-0.39, 0.29) is 50.0 Å². The maximum absolute atomic E-state index is 12.7. The minimum Gasteiger partial charge on any atom is -0.481 e. The smallest absolute Gasteiger partial charge is 0.407 e. The zero-order valence-electron chi connectivity index (χ0n) is 19.5. The molecule has 5 rings (SSSR count). The molecule has 8 nitrogen and oxygen atoms in total. The standard InChI is InChI=1S/C27H30N2O6/c30-24(31)13-27(10-5-11-27)29-25(32)17-12-18(34-15-17)14-28-26(33)35-16-23-21-8-3-1-6-19(21)20-7-2-4-9-22(20)23/h1-4,6-9,17-18,23H,5,10-16H2,(H,28,33)(H,29,32)(H,30,31)/t17-,18-/m0/s1. The Kier molecular flexibility index (Phi) is 6.47. The van der Waals surface area contributed by atoms with Gasteiger partial charge in [-0.1, -0.05) is 48.5 Å². The Balaban J connectivity index is 1.09. The number of aliphatic carboxylic acids is 1. The zero-order chi connectivity index (χ0) is 24.4. The van der Waals surface area contributed by atoms with Gasteiger partial charge in [0.2, 0.25) is 5.91 Å². The van der Waals surface area contributed by atoms with Gasteiger partial charge in [0.25, 0.3) is 0 Å². The molecule has 2 aliphatic carbocycles. The van der Waals surface area contributed by atoms with Crippen molar-refractivity contribution in [1.82, 2.24) is 10.6 Å². The number of carboxylic acids is 1. The van der Waals surface area contributed by atoms with E-state index < -0.39 is 17.6 Å². The molecule has 0 bridgehead atoms. The van der Waals surface area contributed by atoms with Crippen molar-refractivity contribution in [3.8, 4) is 11.1 Å². The van der Waals surface area contributed by atoms with Gasteiger partial charge in [-0.25, -0.2) is 4.79 Å². The van der Waals surface area contributed by atoms with E-state index >= 15 is 0 Å². The average Bonchev–Trinajstić information content (AvgIpc) is 3.43. The fraction of sp³-hybridized carbons (Fsp3) is 0.444. The van der Waals surface area contributed by atoms with Crippen molar-refractivity contribution in [2.45, 2.75) is 49.7 Å². The molecule has 0 unspecified atom stereocenters. The van der Waals surface area contributed by atoms with Crippen molar-refractivity contribution in [2.75, 3.05) is 19.8 Å². The Labute approximate surface area is 204 Å². The van der Waals surface area contributed by atoms with Gasteiger partial charge < -0.3 is 25.2 Å². The molecule has 3 N–H and O–H groups in total. The lowest BCUT2D eigenvalue weighted by atomic mass is 9.74. The number of rotatable bonds is 8. The average molecular weight is 479 g/mol. The predicted octanol–water partition coefficient (Wildman–Crippen LogP) is 3.44. The van der Waals surface area contributed by atoms with E-state index in [2.05, 4.69) is 34.9 Å². The quantitative estimate of drug-likeness (QED) is 0.536. The lowest BCUT2D eigenvalue weighted by Crippen LogP contribution is -2.56.